The van der Waals surface area contributed by atoms with Gasteiger partial charge in [0.2, 0.25) is 23.6 Å². The van der Waals surface area contributed by atoms with Crippen LogP contribution in [0.15, 0.2) is 134 Å². The minimum Gasteiger partial charge on any atom is -0.476 e. The van der Waals surface area contributed by atoms with Gasteiger partial charge in [-0.2, -0.15) is 9.97 Å². The molecule has 0 bridgehead atoms. The zero-order valence-corrected chi connectivity index (χ0v) is 54.8. The van der Waals surface area contributed by atoms with Crippen molar-refractivity contribution in [3.63, 3.8) is 0 Å². The van der Waals surface area contributed by atoms with E-state index in [1.54, 1.807) is 67.5 Å². The number of fused-ring (bicyclic) bond motifs is 3. The Labute approximate surface area is 547 Å². The van der Waals surface area contributed by atoms with E-state index in [4.69, 9.17) is 23.7 Å². The number of rotatable bonds is 18. The third kappa shape index (κ3) is 18.0. The predicted octanol–water partition coefficient (Wildman–Crippen LogP) is 10.4. The fraction of sp³-hybridized carbons (Fsp3) is 0.358. The first-order chi connectivity index (χ1) is 44.7. The number of amides is 5. The van der Waals surface area contributed by atoms with Crippen molar-refractivity contribution in [2.75, 3.05) is 82.8 Å². The van der Waals surface area contributed by atoms with Gasteiger partial charge in [-0.05, 0) is 88.8 Å². The lowest BCUT2D eigenvalue weighted by Gasteiger charge is -2.40. The minimum atomic E-state index is -1.01. The average Bonchev–Trinajstić information content (AvgIpc) is 1.63. The van der Waals surface area contributed by atoms with Gasteiger partial charge in [0, 0.05) is 63.2 Å². The van der Waals surface area contributed by atoms with E-state index in [-0.39, 0.29) is 64.4 Å². The molecule has 93 heavy (non-hydrogen) atoms. The highest BCUT2D eigenvalue weighted by molar-refractivity contribution is 7.19. The number of anilines is 4. The second-order valence-electron chi connectivity index (χ2n) is 23.9. The molecule has 1 aliphatic carbocycles. The van der Waals surface area contributed by atoms with Crippen LogP contribution in [-0.4, -0.2) is 170 Å². The highest BCUT2D eigenvalue weighted by Crippen LogP contribution is 2.45. The number of aryl methyl sites for hydroxylation is 2. The topological polar surface area (TPSA) is 279 Å². The zero-order chi connectivity index (χ0) is 65.7. The van der Waals surface area contributed by atoms with Crippen molar-refractivity contribution in [2.24, 2.45) is 0 Å². The van der Waals surface area contributed by atoms with Crippen molar-refractivity contribution in [3.05, 3.63) is 156 Å². The Morgan fingerprint density at radius 3 is 1.53 bits per heavy atom. The SMILES string of the molecule is Cc1nc(Nc2ncc(-c3ccccc3)s2)cc(OCCNC(=O)[C@@H]2CN(C(=O)OCC3c4ccccc4-c4ccccc43)CCN2C(=O)OC(C)(C)C)n1.Cc1nc(Nc2ncc(-c3ccccc3)s2)cc(OCCNC(=O)[C@@H]2CNCCN2C(=O)OC(C)(C)C)n1. The summed E-state index contributed by atoms with van der Waals surface area (Å²) in [6.07, 6.45) is 1.95. The second kappa shape index (κ2) is 30.1. The largest absolute Gasteiger partial charge is 0.476 e. The molecule has 2 saturated heterocycles. The molecule has 0 spiro atoms. The van der Waals surface area contributed by atoms with Crippen LogP contribution in [-0.2, 0) is 23.8 Å². The van der Waals surface area contributed by atoms with Crippen LogP contribution in [0.2, 0.25) is 0 Å². The van der Waals surface area contributed by atoms with Crippen molar-refractivity contribution in [2.45, 2.75) is 84.6 Å². The van der Waals surface area contributed by atoms with Crippen molar-refractivity contribution < 1.29 is 47.7 Å². The van der Waals surface area contributed by atoms with Gasteiger partial charge in [0.25, 0.3) is 0 Å². The van der Waals surface area contributed by atoms with Gasteiger partial charge in [-0.3, -0.25) is 19.4 Å². The highest BCUT2D eigenvalue weighted by Gasteiger charge is 2.40. The van der Waals surface area contributed by atoms with Gasteiger partial charge in [0.15, 0.2) is 10.3 Å². The van der Waals surface area contributed by atoms with Gasteiger partial charge in [-0.25, -0.2) is 34.3 Å². The Morgan fingerprint density at radius 1 is 0.570 bits per heavy atom. The van der Waals surface area contributed by atoms with Crippen LogP contribution in [0.25, 0.3) is 32.0 Å². The summed E-state index contributed by atoms with van der Waals surface area (Å²) in [7, 11) is 0. The summed E-state index contributed by atoms with van der Waals surface area (Å²) >= 11 is 3.02. The molecule has 6 heterocycles. The van der Waals surface area contributed by atoms with Gasteiger partial charge < -0.3 is 55.2 Å². The maximum absolute atomic E-state index is 13.7. The van der Waals surface area contributed by atoms with Crippen molar-refractivity contribution >= 4 is 74.7 Å². The fourth-order valence-electron chi connectivity index (χ4n) is 10.5. The maximum Gasteiger partial charge on any atom is 0.411 e. The minimum absolute atomic E-state index is 0.0640. The smallest absolute Gasteiger partial charge is 0.411 e. The van der Waals surface area contributed by atoms with Crippen LogP contribution < -0.4 is 36.1 Å². The molecule has 486 valence electrons. The quantitative estimate of drug-likeness (QED) is 0.0394. The van der Waals surface area contributed by atoms with Crippen LogP contribution >= 0.6 is 22.7 Å². The number of benzene rings is 4. The summed E-state index contributed by atoms with van der Waals surface area (Å²) in [4.78, 5) is 98.7. The van der Waals surface area contributed by atoms with E-state index in [1.165, 1.54) is 37.4 Å². The maximum atomic E-state index is 13.7. The molecule has 0 saturated carbocycles. The number of aromatic nitrogens is 6. The van der Waals surface area contributed by atoms with Crippen LogP contribution in [0, 0.1) is 13.8 Å². The highest BCUT2D eigenvalue weighted by atomic mass is 32.1. The van der Waals surface area contributed by atoms with E-state index in [9.17, 15) is 24.0 Å². The first-order valence-electron chi connectivity index (χ1n) is 30.6. The van der Waals surface area contributed by atoms with Crippen molar-refractivity contribution in [1.29, 1.82) is 0 Å². The first-order valence-corrected chi connectivity index (χ1v) is 32.2. The molecule has 3 aliphatic rings. The lowest BCUT2D eigenvalue weighted by molar-refractivity contribution is -0.128. The van der Waals surface area contributed by atoms with Gasteiger partial charge in [-0.15, -0.1) is 0 Å². The molecule has 0 unspecified atom stereocenters. The summed E-state index contributed by atoms with van der Waals surface area (Å²) in [5.41, 5.74) is 5.23. The molecule has 2 fully saturated rings. The summed E-state index contributed by atoms with van der Waals surface area (Å²) in [5, 5.41) is 16.7. The van der Waals surface area contributed by atoms with E-state index in [2.05, 4.69) is 80.8 Å². The van der Waals surface area contributed by atoms with E-state index < -0.39 is 47.5 Å². The van der Waals surface area contributed by atoms with Crippen LogP contribution in [0.4, 0.5) is 36.3 Å². The Bertz CT molecular complexity index is 3850. The van der Waals surface area contributed by atoms with Gasteiger partial charge >= 0.3 is 18.3 Å². The third-order valence-electron chi connectivity index (χ3n) is 14.6. The number of thiazole rings is 2. The average molecular weight is 1300 g/mol. The molecule has 0 radical (unpaired) electrons. The summed E-state index contributed by atoms with van der Waals surface area (Å²) in [6, 6.07) is 38.0. The number of hydrogen-bond donors (Lipinski definition) is 5. The first kappa shape index (κ1) is 66.1. The Kier molecular flexibility index (Phi) is 21.4. The Morgan fingerprint density at radius 2 is 1.03 bits per heavy atom. The summed E-state index contributed by atoms with van der Waals surface area (Å²) in [5.74, 6) is 1.97. The number of hydrogen-bond acceptors (Lipinski definition) is 21. The zero-order valence-electron chi connectivity index (χ0n) is 53.1. The van der Waals surface area contributed by atoms with Gasteiger partial charge in [0.1, 0.15) is 66.4 Å². The summed E-state index contributed by atoms with van der Waals surface area (Å²) < 4.78 is 28.6. The lowest BCUT2D eigenvalue weighted by Crippen LogP contribution is -2.62. The molecule has 2 aliphatic heterocycles. The second-order valence-corrected chi connectivity index (χ2v) is 26.0. The monoisotopic (exact) mass is 1300 g/mol. The van der Waals surface area contributed by atoms with Gasteiger partial charge in [-0.1, -0.05) is 132 Å². The van der Waals surface area contributed by atoms with Crippen LogP contribution in [0.1, 0.15) is 70.2 Å². The lowest BCUT2D eigenvalue weighted by atomic mass is 9.98. The van der Waals surface area contributed by atoms with E-state index in [0.717, 1.165) is 43.1 Å². The summed E-state index contributed by atoms with van der Waals surface area (Å²) in [6.45, 7) is 16.6. The van der Waals surface area contributed by atoms with Crippen molar-refractivity contribution in [3.8, 4) is 43.8 Å². The normalized spacial score (nSPS) is 15.3. The molecule has 2 atom stereocenters. The number of carbonyl (C=O) groups is 5. The third-order valence-corrected chi connectivity index (χ3v) is 16.5. The number of ether oxygens (including phenoxy) is 5. The fourth-order valence-corrected chi connectivity index (χ4v) is 12.1. The van der Waals surface area contributed by atoms with Crippen molar-refractivity contribution in [1.82, 2.24) is 60.6 Å². The van der Waals surface area contributed by atoms with E-state index in [1.807, 2.05) is 97.3 Å². The number of piperazine rings is 2. The number of carbonyl (C=O) groups excluding carboxylic acids is 5. The molecule has 26 heteroatoms. The molecule has 5 amide bonds. The number of nitrogens with zero attached hydrogens (tertiary/aromatic N) is 9. The molecule has 5 N–H and O–H groups in total. The van der Waals surface area contributed by atoms with E-state index >= 15 is 0 Å². The molecule has 4 aromatic carbocycles. The van der Waals surface area contributed by atoms with Crippen LogP contribution in [0.3, 0.4) is 0 Å². The molecular formula is C67H76N14O10S2. The van der Waals surface area contributed by atoms with Crippen LogP contribution in [0.5, 0.6) is 11.8 Å². The molecular weight excluding hydrogens is 1220 g/mol. The number of nitrogens with one attached hydrogen (secondary N) is 5. The molecule has 4 aromatic heterocycles. The Balaban J connectivity index is 0.000000218. The van der Waals surface area contributed by atoms with E-state index in [0.29, 0.717) is 64.9 Å². The molecule has 8 aromatic rings. The standard InChI is InChI=1S/C41H43N7O6S.C26H33N7O4S/c1-26-44-35(46-38-43-23-34(55-38)27-12-6-5-7-13-27)22-36(45-26)52-21-18-42-37(49)33-24-47(19-20-48(33)40(51)54-41(2,3)4)39(50)53-25-32-30-16-10-8-14-28(30)29-15-9-11-17-31(29)32;1-17-30-21(32-24-29-16-20(38-24)18-8-6-5-7-9-18)14-22(31-17)36-13-11-28-23(34)19-15-27-10-12-33(19)25(35)37-26(2,3)4/h5-17,22-23,32-33H,18-21,24-25H2,1-4H3,(H,42,49)(H,43,44,45,46);5-9,14,16,19,27H,10-13,15H2,1-4H3,(H,28,34)(H,29,30,31,32)/t33-;19-/m00/s1. The predicted molar refractivity (Wildman–Crippen MR) is 355 cm³/mol. The Hall–Kier alpha value is -9.79. The molecule has 11 rings (SSSR count). The molecule has 24 nitrogen and oxygen atoms in total. The van der Waals surface area contributed by atoms with Gasteiger partial charge in [0.05, 0.1) is 29.4 Å².